The standard InChI is InChI=1S/C27H26F3N5O2S/c1-17-10-12-22(13-11-17)35-24(33-34-26(35)38-16-19-6-4-9-23(14-19)37-3)18(2)31-25(36)32-21-8-5-7-20(15-21)27(28,29)30/h4-15,18H,16H2,1-3H3,(H2,31,32,36). The number of hydrogen-bond acceptors (Lipinski definition) is 5. The summed E-state index contributed by atoms with van der Waals surface area (Å²) in [4.78, 5) is 12.6. The topological polar surface area (TPSA) is 81.1 Å². The first-order valence-corrected chi connectivity index (χ1v) is 12.7. The van der Waals surface area contributed by atoms with E-state index in [1.165, 1.54) is 23.9 Å². The van der Waals surface area contributed by atoms with E-state index in [-0.39, 0.29) is 5.69 Å². The highest BCUT2D eigenvalue weighted by Crippen LogP contribution is 2.31. The molecule has 3 aromatic carbocycles. The van der Waals surface area contributed by atoms with Gasteiger partial charge in [-0.3, -0.25) is 4.57 Å². The molecular weight excluding hydrogens is 515 g/mol. The van der Waals surface area contributed by atoms with E-state index in [1.807, 2.05) is 60.0 Å². The number of anilines is 1. The lowest BCUT2D eigenvalue weighted by Gasteiger charge is -2.17. The number of urea groups is 1. The van der Waals surface area contributed by atoms with Gasteiger partial charge in [-0.1, -0.05) is 47.7 Å². The Kier molecular flexibility index (Phi) is 8.26. The van der Waals surface area contributed by atoms with Crippen molar-refractivity contribution in [1.29, 1.82) is 0 Å². The molecule has 0 saturated heterocycles. The van der Waals surface area contributed by atoms with Gasteiger partial charge in [-0.25, -0.2) is 4.79 Å². The molecule has 0 aliphatic heterocycles. The zero-order valence-electron chi connectivity index (χ0n) is 20.9. The number of alkyl halides is 3. The van der Waals surface area contributed by atoms with E-state index in [4.69, 9.17) is 4.74 Å². The van der Waals surface area contributed by atoms with E-state index in [1.54, 1.807) is 14.0 Å². The third kappa shape index (κ3) is 6.65. The number of aryl methyl sites for hydroxylation is 1. The Morgan fingerprint density at radius 1 is 1.05 bits per heavy atom. The van der Waals surface area contributed by atoms with Crippen LogP contribution in [0.2, 0.25) is 0 Å². The fourth-order valence-electron chi connectivity index (χ4n) is 3.70. The maximum absolute atomic E-state index is 13.0. The average molecular weight is 542 g/mol. The largest absolute Gasteiger partial charge is 0.497 e. The summed E-state index contributed by atoms with van der Waals surface area (Å²) < 4.78 is 46.2. The Labute approximate surface area is 222 Å². The molecule has 0 spiro atoms. The molecule has 1 aromatic heterocycles. The minimum atomic E-state index is -4.51. The molecule has 7 nitrogen and oxygen atoms in total. The summed E-state index contributed by atoms with van der Waals surface area (Å²) in [7, 11) is 1.62. The number of nitrogens with one attached hydrogen (secondary N) is 2. The first kappa shape index (κ1) is 27.1. The Bertz CT molecular complexity index is 1410. The van der Waals surface area contributed by atoms with Crippen molar-refractivity contribution in [1.82, 2.24) is 20.1 Å². The van der Waals surface area contributed by atoms with Crippen LogP contribution >= 0.6 is 11.8 Å². The van der Waals surface area contributed by atoms with Gasteiger partial charge >= 0.3 is 12.2 Å². The van der Waals surface area contributed by atoms with Crippen molar-refractivity contribution in [3.05, 3.63) is 95.3 Å². The van der Waals surface area contributed by atoms with E-state index in [2.05, 4.69) is 20.8 Å². The number of aromatic nitrogens is 3. The lowest BCUT2D eigenvalue weighted by atomic mass is 10.2. The number of rotatable bonds is 8. The third-order valence-corrected chi connectivity index (χ3v) is 6.64. The molecule has 1 heterocycles. The molecule has 0 saturated carbocycles. The zero-order valence-corrected chi connectivity index (χ0v) is 21.7. The monoisotopic (exact) mass is 541 g/mol. The summed E-state index contributed by atoms with van der Waals surface area (Å²) in [5.41, 5.74) is 2.12. The van der Waals surface area contributed by atoms with Crippen LogP contribution in [0.1, 0.15) is 35.5 Å². The molecule has 0 bridgehead atoms. The van der Waals surface area contributed by atoms with Gasteiger partial charge < -0.3 is 15.4 Å². The van der Waals surface area contributed by atoms with Crippen LogP contribution in [0.3, 0.4) is 0 Å². The minimum absolute atomic E-state index is 0.0269. The maximum atomic E-state index is 13.0. The molecule has 1 unspecified atom stereocenters. The maximum Gasteiger partial charge on any atom is 0.416 e. The highest BCUT2D eigenvalue weighted by atomic mass is 32.2. The molecule has 11 heteroatoms. The summed E-state index contributed by atoms with van der Waals surface area (Å²) in [5.74, 6) is 1.84. The smallest absolute Gasteiger partial charge is 0.416 e. The van der Waals surface area contributed by atoms with Crippen LogP contribution in [-0.2, 0) is 11.9 Å². The Morgan fingerprint density at radius 3 is 2.50 bits per heavy atom. The summed E-state index contributed by atoms with van der Waals surface area (Å²) >= 11 is 1.48. The van der Waals surface area contributed by atoms with Crippen molar-refractivity contribution in [2.45, 2.75) is 37.0 Å². The summed E-state index contributed by atoms with van der Waals surface area (Å²) in [6, 6.07) is 18.7. The number of ether oxygens (including phenoxy) is 1. The molecule has 198 valence electrons. The second-order valence-electron chi connectivity index (χ2n) is 8.55. The van der Waals surface area contributed by atoms with Crippen LogP contribution in [-0.4, -0.2) is 27.9 Å². The molecule has 4 aromatic rings. The SMILES string of the molecule is COc1cccc(CSc2nnc(C(C)NC(=O)Nc3cccc(C(F)(F)F)c3)n2-c2ccc(C)cc2)c1. The van der Waals surface area contributed by atoms with E-state index in [9.17, 15) is 18.0 Å². The number of hydrogen-bond donors (Lipinski definition) is 2. The van der Waals surface area contributed by atoms with Gasteiger partial charge in [0.1, 0.15) is 5.75 Å². The van der Waals surface area contributed by atoms with Crippen LogP contribution in [0, 0.1) is 6.92 Å². The second-order valence-corrected chi connectivity index (χ2v) is 9.49. The van der Waals surface area contributed by atoms with E-state index in [0.29, 0.717) is 16.7 Å². The predicted molar refractivity (Wildman–Crippen MR) is 141 cm³/mol. The molecule has 0 aliphatic carbocycles. The van der Waals surface area contributed by atoms with E-state index >= 15 is 0 Å². The molecule has 4 rings (SSSR count). The Balaban J connectivity index is 1.55. The van der Waals surface area contributed by atoms with Gasteiger partial charge in [0.15, 0.2) is 11.0 Å². The van der Waals surface area contributed by atoms with Gasteiger partial charge in [0.05, 0.1) is 18.7 Å². The van der Waals surface area contributed by atoms with Crippen molar-refractivity contribution in [3.8, 4) is 11.4 Å². The van der Waals surface area contributed by atoms with Gasteiger partial charge in [0, 0.05) is 17.1 Å². The Morgan fingerprint density at radius 2 is 1.79 bits per heavy atom. The lowest BCUT2D eigenvalue weighted by molar-refractivity contribution is -0.137. The van der Waals surface area contributed by atoms with E-state index in [0.717, 1.165) is 34.7 Å². The molecule has 2 amide bonds. The second kappa shape index (κ2) is 11.6. The van der Waals surface area contributed by atoms with Crippen molar-refractivity contribution in [2.75, 3.05) is 12.4 Å². The van der Waals surface area contributed by atoms with Gasteiger partial charge in [-0.15, -0.1) is 10.2 Å². The minimum Gasteiger partial charge on any atom is -0.497 e. The van der Waals surface area contributed by atoms with Crippen molar-refractivity contribution < 1.29 is 22.7 Å². The highest BCUT2D eigenvalue weighted by molar-refractivity contribution is 7.98. The van der Waals surface area contributed by atoms with Crippen LogP contribution in [0.15, 0.2) is 78.0 Å². The zero-order chi connectivity index (χ0) is 27.3. The Hall–Kier alpha value is -3.99. The number of nitrogens with zero attached hydrogens (tertiary/aromatic N) is 3. The number of carbonyl (C=O) groups is 1. The number of methoxy groups -OCH3 is 1. The molecule has 2 N–H and O–H groups in total. The third-order valence-electron chi connectivity index (χ3n) is 5.64. The first-order chi connectivity index (χ1) is 18.1. The van der Waals surface area contributed by atoms with Crippen molar-refractivity contribution in [3.63, 3.8) is 0 Å². The van der Waals surface area contributed by atoms with Crippen molar-refractivity contribution in [2.24, 2.45) is 0 Å². The molecular formula is C27H26F3N5O2S. The fourth-order valence-corrected chi connectivity index (χ4v) is 4.61. The highest BCUT2D eigenvalue weighted by Gasteiger charge is 2.30. The van der Waals surface area contributed by atoms with Crippen LogP contribution in [0.25, 0.3) is 5.69 Å². The van der Waals surface area contributed by atoms with Gasteiger partial charge in [-0.2, -0.15) is 13.2 Å². The van der Waals surface area contributed by atoms with Gasteiger partial charge in [0.2, 0.25) is 0 Å². The number of halogens is 3. The molecule has 38 heavy (non-hydrogen) atoms. The normalized spacial score (nSPS) is 12.2. The first-order valence-electron chi connectivity index (χ1n) is 11.7. The lowest BCUT2D eigenvalue weighted by Crippen LogP contribution is -2.32. The summed E-state index contributed by atoms with van der Waals surface area (Å²) in [5, 5.41) is 14.5. The molecule has 0 aliphatic rings. The number of carbonyl (C=O) groups excluding carboxylic acids is 1. The predicted octanol–water partition coefficient (Wildman–Crippen LogP) is 6.78. The quantitative estimate of drug-likeness (QED) is 0.241. The fraction of sp³-hybridized carbons (Fsp3) is 0.222. The van der Waals surface area contributed by atoms with Crippen molar-refractivity contribution >= 4 is 23.5 Å². The summed E-state index contributed by atoms with van der Waals surface area (Å²) in [6.45, 7) is 3.72. The number of amides is 2. The van der Waals surface area contributed by atoms with Crippen LogP contribution in [0.4, 0.5) is 23.7 Å². The molecule has 0 radical (unpaired) electrons. The summed E-state index contributed by atoms with van der Waals surface area (Å²) in [6.07, 6.45) is -4.51. The van der Waals surface area contributed by atoms with Gasteiger partial charge in [-0.05, 0) is 61.9 Å². The van der Waals surface area contributed by atoms with Crippen LogP contribution < -0.4 is 15.4 Å². The van der Waals surface area contributed by atoms with Gasteiger partial charge in [0.25, 0.3) is 0 Å². The number of thioether (sulfide) groups is 1. The number of benzene rings is 3. The van der Waals surface area contributed by atoms with E-state index < -0.39 is 23.8 Å². The molecule has 1 atom stereocenters. The van der Waals surface area contributed by atoms with Crippen LogP contribution in [0.5, 0.6) is 5.75 Å². The average Bonchev–Trinajstić information content (AvgIpc) is 3.32. The molecule has 0 fully saturated rings.